The molecule has 0 fully saturated rings. The summed E-state index contributed by atoms with van der Waals surface area (Å²) in [4.78, 5) is 25.3. The summed E-state index contributed by atoms with van der Waals surface area (Å²) in [5.74, 6) is -2.01. The minimum atomic E-state index is -1.09. The van der Waals surface area contributed by atoms with Crippen LogP contribution in [0.3, 0.4) is 0 Å². The van der Waals surface area contributed by atoms with Crippen LogP contribution in [0, 0.1) is 10.1 Å². The number of carbonyl (C=O) groups excluding carboxylic acids is 1. The van der Waals surface area contributed by atoms with E-state index in [2.05, 4.69) is 9.72 Å². The minimum Gasteiger partial charge on any atom is -0.868 e. The number of aromatic nitrogens is 1. The zero-order chi connectivity index (χ0) is 16.5. The molecule has 0 bridgehead atoms. The van der Waals surface area contributed by atoms with Gasteiger partial charge in [-0.15, -0.1) is 0 Å². The summed E-state index contributed by atoms with van der Waals surface area (Å²) in [7, 11) is 1.49. The number of carbonyl (C=O) groups is 1. The molecule has 0 aliphatic carbocycles. The van der Waals surface area contributed by atoms with Crippen LogP contribution in [0.4, 0.5) is 5.69 Å². The summed E-state index contributed by atoms with van der Waals surface area (Å²) in [5, 5.41) is 22.5. The molecule has 0 radical (unpaired) electrons. The second kappa shape index (κ2) is 11.5. The number of hydrogen-bond donors (Lipinski definition) is 0. The first kappa shape index (κ1) is 22.0. The number of methoxy groups -OCH3 is 1. The van der Waals surface area contributed by atoms with Gasteiger partial charge in [0.05, 0.1) is 23.7 Å². The van der Waals surface area contributed by atoms with Crippen LogP contribution in [0.1, 0.15) is 12.5 Å². The first-order chi connectivity index (χ1) is 10.5. The van der Waals surface area contributed by atoms with Gasteiger partial charge in [0.2, 0.25) is 5.88 Å². The number of nitro groups is 1. The Labute approximate surface area is 175 Å². The molecule has 10 heteroatoms. The Morgan fingerprint density at radius 2 is 2.13 bits per heavy atom. The van der Waals surface area contributed by atoms with Crippen molar-refractivity contribution < 1.29 is 80.4 Å². The number of rotatable bonds is 8. The molecule has 0 saturated heterocycles. The number of esters is 1. The van der Waals surface area contributed by atoms with Crippen molar-refractivity contribution in [3.63, 3.8) is 0 Å². The summed E-state index contributed by atoms with van der Waals surface area (Å²) in [6.07, 6.45) is 1.77. The third-order valence-electron chi connectivity index (χ3n) is 2.39. The maximum absolute atomic E-state index is 11.6. The Morgan fingerprint density at radius 1 is 1.43 bits per heavy atom. The molecule has 1 aromatic heterocycles. The molecular weight excluding hydrogens is 335 g/mol. The van der Waals surface area contributed by atoms with Crippen molar-refractivity contribution >= 4 is 17.7 Å². The van der Waals surface area contributed by atoms with E-state index in [0.717, 1.165) is 12.3 Å². The molecule has 23 heavy (non-hydrogen) atoms. The molecule has 0 aliphatic rings. The molecule has 1 rings (SSSR count). The smallest absolute Gasteiger partial charge is 0.868 e. The summed E-state index contributed by atoms with van der Waals surface area (Å²) < 4.78 is 14.5. The Morgan fingerprint density at radius 3 is 2.70 bits per heavy atom. The van der Waals surface area contributed by atoms with E-state index in [1.165, 1.54) is 13.2 Å². The fourth-order valence-electron chi connectivity index (χ4n) is 1.42. The first-order valence-corrected chi connectivity index (χ1v) is 6.31. The number of ether oxygens (including phenoxy) is 3. The zero-order valence-corrected chi connectivity index (χ0v) is 16.2. The molecule has 1 aromatic rings. The maximum atomic E-state index is 11.6. The van der Waals surface area contributed by atoms with Crippen molar-refractivity contribution in [3.05, 3.63) is 33.7 Å². The fraction of sp³-hybridized carbons (Fsp3) is 0.385. The van der Waals surface area contributed by atoms with Crippen LogP contribution in [0.5, 0.6) is 5.88 Å². The van der Waals surface area contributed by atoms with Gasteiger partial charge in [-0.2, -0.15) is 0 Å². The van der Waals surface area contributed by atoms with Gasteiger partial charge in [0.1, 0.15) is 12.8 Å². The van der Waals surface area contributed by atoms with Gasteiger partial charge in [-0.3, -0.25) is 10.1 Å². The minimum absolute atomic E-state index is 0. The monoisotopic (exact) mass is 350 g/mol. The van der Waals surface area contributed by atoms with Crippen molar-refractivity contribution in [1.82, 2.24) is 4.98 Å². The molecule has 0 spiro atoms. The molecule has 0 saturated carbocycles. The standard InChI is InChI=1S/C13H16N2O7.K/c1-3-21-13(17)11(16)6-9-7-12(22-5-4-20-2)14-8-10(9)15(18)19;/h6-8,16H,3-5H2,1-2H3;/q;+1/p-1/b11-6+;. The Balaban J connectivity index is 0.00000484. The van der Waals surface area contributed by atoms with E-state index < -0.39 is 22.3 Å². The third-order valence-corrected chi connectivity index (χ3v) is 2.39. The average Bonchev–Trinajstić information content (AvgIpc) is 2.47. The molecule has 120 valence electrons. The van der Waals surface area contributed by atoms with Crippen molar-refractivity contribution in [3.8, 4) is 5.88 Å². The van der Waals surface area contributed by atoms with E-state index in [-0.39, 0.29) is 76.0 Å². The van der Waals surface area contributed by atoms with E-state index >= 15 is 0 Å². The van der Waals surface area contributed by atoms with Gasteiger partial charge < -0.3 is 19.3 Å². The van der Waals surface area contributed by atoms with Crippen LogP contribution in [0.2, 0.25) is 0 Å². The van der Waals surface area contributed by atoms with Gasteiger partial charge in [0.15, 0.2) is 0 Å². The van der Waals surface area contributed by atoms with Crippen molar-refractivity contribution in [2.45, 2.75) is 6.92 Å². The molecule has 0 unspecified atom stereocenters. The van der Waals surface area contributed by atoms with Crippen LogP contribution >= 0.6 is 0 Å². The Bertz CT molecular complexity index is 577. The van der Waals surface area contributed by atoms with Crippen molar-refractivity contribution in [2.24, 2.45) is 0 Å². The number of nitrogens with zero attached hydrogens (tertiary/aromatic N) is 2. The normalized spacial score (nSPS) is 10.6. The second-order valence-corrected chi connectivity index (χ2v) is 3.91. The quantitative estimate of drug-likeness (QED) is 0.0942. The maximum Gasteiger partial charge on any atom is 1.00 e. The molecule has 9 nitrogen and oxygen atoms in total. The number of hydrogen-bond acceptors (Lipinski definition) is 8. The van der Waals surface area contributed by atoms with Gasteiger partial charge >= 0.3 is 57.4 Å². The molecule has 0 N–H and O–H groups in total. The van der Waals surface area contributed by atoms with Gasteiger partial charge in [-0.1, -0.05) is 0 Å². The fourth-order valence-corrected chi connectivity index (χ4v) is 1.42. The van der Waals surface area contributed by atoms with Crippen LogP contribution in [0.15, 0.2) is 18.0 Å². The SMILES string of the molecule is CCOC(=O)/C([O-])=C\c1cc(OCCOC)ncc1[N+](=O)[O-].[K+]. The van der Waals surface area contributed by atoms with E-state index in [9.17, 15) is 20.0 Å². The van der Waals surface area contributed by atoms with E-state index in [1.807, 2.05) is 0 Å². The first-order valence-electron chi connectivity index (χ1n) is 6.31. The molecule has 0 aliphatic heterocycles. The van der Waals surface area contributed by atoms with Crippen LogP contribution in [0.25, 0.3) is 6.08 Å². The van der Waals surface area contributed by atoms with Gasteiger partial charge in [0.25, 0.3) is 5.69 Å². The Hall–Kier alpha value is -1.04. The number of pyridine rings is 1. The zero-order valence-electron chi connectivity index (χ0n) is 13.1. The third kappa shape index (κ3) is 7.37. The Kier molecular flexibility index (Phi) is 11.0. The van der Waals surface area contributed by atoms with Crippen molar-refractivity contribution in [1.29, 1.82) is 0 Å². The van der Waals surface area contributed by atoms with Crippen LogP contribution in [-0.2, 0) is 14.3 Å². The van der Waals surface area contributed by atoms with E-state index in [1.54, 1.807) is 6.92 Å². The molecule has 0 atom stereocenters. The van der Waals surface area contributed by atoms with Gasteiger partial charge in [-0.05, 0) is 18.8 Å². The predicted molar refractivity (Wildman–Crippen MR) is 72.9 cm³/mol. The van der Waals surface area contributed by atoms with Gasteiger partial charge in [-0.25, -0.2) is 9.78 Å². The van der Waals surface area contributed by atoms with Crippen molar-refractivity contribution in [2.75, 3.05) is 26.9 Å². The molecular formula is C13H15KN2O7. The van der Waals surface area contributed by atoms with E-state index in [4.69, 9.17) is 9.47 Å². The van der Waals surface area contributed by atoms with Crippen LogP contribution < -0.4 is 61.2 Å². The topological polar surface area (TPSA) is 124 Å². The van der Waals surface area contributed by atoms with E-state index in [0.29, 0.717) is 6.61 Å². The second-order valence-electron chi connectivity index (χ2n) is 3.91. The summed E-state index contributed by atoms with van der Waals surface area (Å²) >= 11 is 0. The largest absolute Gasteiger partial charge is 1.00 e. The summed E-state index contributed by atoms with van der Waals surface area (Å²) in [6.45, 7) is 2.07. The summed E-state index contributed by atoms with van der Waals surface area (Å²) in [6, 6.07) is 1.20. The molecule has 0 aromatic carbocycles. The van der Waals surface area contributed by atoms with Crippen LogP contribution in [-0.4, -0.2) is 42.8 Å². The van der Waals surface area contributed by atoms with Gasteiger partial charge in [0, 0.05) is 13.2 Å². The predicted octanol–water partition coefficient (Wildman–Crippen LogP) is -2.72. The molecule has 1 heterocycles. The molecule has 0 amide bonds. The average molecular weight is 350 g/mol. The summed E-state index contributed by atoms with van der Waals surface area (Å²) in [5.41, 5.74) is -0.512.